The number of carboxylic acid groups (broad SMARTS) is 1. The summed E-state index contributed by atoms with van der Waals surface area (Å²) in [5.41, 5.74) is 0. The highest BCUT2D eigenvalue weighted by Gasteiger charge is 2.41. The standard InChI is InChI=1S/C16H21NO4S/c1-16(2,22-12-7-4-6-11(10-12)21-3)15(20)17-9-5-8-13(17)14(18)19/h4,6-7,10,13H,5,8-9H2,1-3H3,(H,18,19). The highest BCUT2D eigenvalue weighted by Crippen LogP contribution is 2.37. The zero-order chi connectivity index (χ0) is 16.3. The molecule has 0 spiro atoms. The highest BCUT2D eigenvalue weighted by molar-refractivity contribution is 8.01. The lowest BCUT2D eigenvalue weighted by Gasteiger charge is -2.31. The Bertz CT molecular complexity index is 573. The molecule has 1 aliphatic heterocycles. The van der Waals surface area contributed by atoms with Gasteiger partial charge < -0.3 is 14.7 Å². The molecule has 1 aromatic rings. The molecule has 1 unspecified atom stereocenters. The number of carbonyl (C=O) groups is 2. The molecule has 1 atom stereocenters. The van der Waals surface area contributed by atoms with Gasteiger partial charge in [-0.3, -0.25) is 4.79 Å². The molecular formula is C16H21NO4S. The second-order valence-corrected chi connectivity index (χ2v) is 7.48. The summed E-state index contributed by atoms with van der Waals surface area (Å²) in [6, 6.07) is 6.81. The van der Waals surface area contributed by atoms with Crippen LogP contribution in [0.2, 0.25) is 0 Å². The van der Waals surface area contributed by atoms with E-state index in [9.17, 15) is 14.7 Å². The van der Waals surface area contributed by atoms with Gasteiger partial charge in [-0.15, -0.1) is 11.8 Å². The summed E-state index contributed by atoms with van der Waals surface area (Å²) in [6.07, 6.45) is 1.27. The van der Waals surface area contributed by atoms with E-state index in [1.165, 1.54) is 16.7 Å². The van der Waals surface area contributed by atoms with Crippen molar-refractivity contribution in [1.82, 2.24) is 4.90 Å². The van der Waals surface area contributed by atoms with Gasteiger partial charge in [0.1, 0.15) is 11.8 Å². The normalized spacial score (nSPS) is 18.3. The molecule has 1 N–H and O–H groups in total. The van der Waals surface area contributed by atoms with E-state index in [-0.39, 0.29) is 5.91 Å². The Morgan fingerprint density at radius 2 is 2.14 bits per heavy atom. The van der Waals surface area contributed by atoms with Gasteiger partial charge in [-0.1, -0.05) is 6.07 Å². The topological polar surface area (TPSA) is 66.8 Å². The Labute approximate surface area is 134 Å². The Morgan fingerprint density at radius 3 is 2.77 bits per heavy atom. The maximum atomic E-state index is 12.8. The first-order valence-electron chi connectivity index (χ1n) is 7.22. The molecule has 22 heavy (non-hydrogen) atoms. The number of methoxy groups -OCH3 is 1. The van der Waals surface area contributed by atoms with Gasteiger partial charge in [0.25, 0.3) is 0 Å². The largest absolute Gasteiger partial charge is 0.497 e. The quantitative estimate of drug-likeness (QED) is 0.844. The number of carbonyl (C=O) groups excluding carboxylic acids is 1. The van der Waals surface area contributed by atoms with E-state index in [1.54, 1.807) is 7.11 Å². The molecule has 0 bridgehead atoms. The number of thioether (sulfide) groups is 1. The number of hydrogen-bond donors (Lipinski definition) is 1. The minimum atomic E-state index is -0.923. The van der Waals surface area contributed by atoms with Gasteiger partial charge >= 0.3 is 5.97 Å². The third kappa shape index (κ3) is 3.55. The number of benzene rings is 1. The number of likely N-dealkylation sites (tertiary alicyclic amines) is 1. The summed E-state index contributed by atoms with van der Waals surface area (Å²) in [7, 11) is 1.60. The smallest absolute Gasteiger partial charge is 0.326 e. The molecule has 0 aliphatic carbocycles. The molecular weight excluding hydrogens is 302 g/mol. The van der Waals surface area contributed by atoms with Crippen molar-refractivity contribution in [1.29, 1.82) is 0 Å². The molecule has 0 saturated carbocycles. The molecule has 120 valence electrons. The number of carboxylic acids is 1. The third-order valence-electron chi connectivity index (χ3n) is 3.73. The van der Waals surface area contributed by atoms with E-state index in [1.807, 2.05) is 38.1 Å². The first kappa shape index (κ1) is 16.7. The predicted molar refractivity (Wildman–Crippen MR) is 85.3 cm³/mol. The van der Waals surface area contributed by atoms with Crippen LogP contribution in [0.25, 0.3) is 0 Å². The fourth-order valence-corrected chi connectivity index (χ4v) is 3.73. The van der Waals surface area contributed by atoms with Crippen LogP contribution in [0, 0.1) is 0 Å². The first-order chi connectivity index (χ1) is 10.3. The van der Waals surface area contributed by atoms with Crippen molar-refractivity contribution in [2.75, 3.05) is 13.7 Å². The maximum Gasteiger partial charge on any atom is 0.326 e. The summed E-state index contributed by atoms with van der Waals surface area (Å²) in [4.78, 5) is 26.4. The van der Waals surface area contributed by atoms with Crippen LogP contribution in [-0.2, 0) is 9.59 Å². The van der Waals surface area contributed by atoms with Crippen molar-refractivity contribution in [3.05, 3.63) is 24.3 Å². The summed E-state index contributed by atoms with van der Waals surface area (Å²) in [6.45, 7) is 4.17. The van der Waals surface area contributed by atoms with Gasteiger partial charge in [-0.2, -0.15) is 0 Å². The van der Waals surface area contributed by atoms with Crippen LogP contribution in [0.4, 0.5) is 0 Å². The van der Waals surface area contributed by atoms with Crippen molar-refractivity contribution < 1.29 is 19.4 Å². The second kappa shape index (κ2) is 6.60. The second-order valence-electron chi connectivity index (χ2n) is 5.79. The van der Waals surface area contributed by atoms with Gasteiger partial charge in [0.15, 0.2) is 0 Å². The maximum absolute atomic E-state index is 12.8. The Balaban J connectivity index is 2.14. The Hall–Kier alpha value is -1.69. The first-order valence-corrected chi connectivity index (χ1v) is 8.04. The lowest BCUT2D eigenvalue weighted by Crippen LogP contribution is -2.48. The third-order valence-corrected chi connectivity index (χ3v) is 4.90. The minimum Gasteiger partial charge on any atom is -0.497 e. The highest BCUT2D eigenvalue weighted by atomic mass is 32.2. The average molecular weight is 323 g/mol. The summed E-state index contributed by atoms with van der Waals surface area (Å²) in [5, 5.41) is 9.24. The van der Waals surface area contributed by atoms with E-state index in [2.05, 4.69) is 0 Å². The van der Waals surface area contributed by atoms with E-state index >= 15 is 0 Å². The molecule has 1 aromatic carbocycles. The summed E-state index contributed by atoms with van der Waals surface area (Å²) in [5.74, 6) is -0.323. The molecule has 5 nitrogen and oxygen atoms in total. The number of hydrogen-bond acceptors (Lipinski definition) is 4. The number of aliphatic carboxylic acids is 1. The van der Waals surface area contributed by atoms with E-state index in [0.717, 1.165) is 17.1 Å². The number of ether oxygens (including phenoxy) is 1. The van der Waals surface area contributed by atoms with Gasteiger partial charge in [0, 0.05) is 11.4 Å². The molecule has 2 rings (SSSR count). The molecule has 1 amide bonds. The van der Waals surface area contributed by atoms with Crippen molar-refractivity contribution in [3.8, 4) is 5.75 Å². The zero-order valence-electron chi connectivity index (χ0n) is 13.0. The Kier molecular flexibility index (Phi) is 5.01. The van der Waals surface area contributed by atoms with Gasteiger partial charge in [0.2, 0.25) is 5.91 Å². The van der Waals surface area contributed by atoms with Crippen molar-refractivity contribution >= 4 is 23.6 Å². The number of nitrogens with zero attached hydrogens (tertiary/aromatic N) is 1. The van der Waals surface area contributed by atoms with Crippen LogP contribution in [0.5, 0.6) is 5.75 Å². The molecule has 0 radical (unpaired) electrons. The minimum absolute atomic E-state index is 0.134. The summed E-state index contributed by atoms with van der Waals surface area (Å²) < 4.78 is 4.46. The van der Waals surface area contributed by atoms with Crippen molar-refractivity contribution in [2.45, 2.75) is 42.4 Å². The van der Waals surface area contributed by atoms with Gasteiger partial charge in [0.05, 0.1) is 11.9 Å². The Morgan fingerprint density at radius 1 is 1.41 bits per heavy atom. The lowest BCUT2D eigenvalue weighted by molar-refractivity contribution is -0.148. The monoisotopic (exact) mass is 323 g/mol. The van der Waals surface area contributed by atoms with Crippen LogP contribution in [0.15, 0.2) is 29.2 Å². The van der Waals surface area contributed by atoms with Gasteiger partial charge in [-0.05, 0) is 44.9 Å². The van der Waals surface area contributed by atoms with Crippen molar-refractivity contribution in [3.63, 3.8) is 0 Å². The molecule has 1 aliphatic rings. The fourth-order valence-electron chi connectivity index (χ4n) is 2.62. The van der Waals surface area contributed by atoms with Crippen LogP contribution in [0.1, 0.15) is 26.7 Å². The van der Waals surface area contributed by atoms with Crippen LogP contribution < -0.4 is 4.74 Å². The van der Waals surface area contributed by atoms with Crippen molar-refractivity contribution in [2.24, 2.45) is 0 Å². The van der Waals surface area contributed by atoms with E-state index in [4.69, 9.17) is 4.74 Å². The molecule has 1 heterocycles. The van der Waals surface area contributed by atoms with Crippen LogP contribution in [-0.4, -0.2) is 46.3 Å². The summed E-state index contributed by atoms with van der Waals surface area (Å²) >= 11 is 1.42. The number of rotatable bonds is 5. The fraction of sp³-hybridized carbons (Fsp3) is 0.500. The van der Waals surface area contributed by atoms with Crippen LogP contribution in [0.3, 0.4) is 0 Å². The molecule has 1 saturated heterocycles. The molecule has 1 fully saturated rings. The predicted octanol–water partition coefficient (Wildman–Crippen LogP) is 2.64. The number of amides is 1. The van der Waals surface area contributed by atoms with Gasteiger partial charge in [-0.25, -0.2) is 4.79 Å². The lowest BCUT2D eigenvalue weighted by atomic mass is 10.1. The SMILES string of the molecule is COc1cccc(SC(C)(C)C(=O)N2CCCC2C(=O)O)c1. The molecule has 0 aromatic heterocycles. The zero-order valence-corrected chi connectivity index (χ0v) is 13.9. The molecule has 6 heteroatoms. The van der Waals surface area contributed by atoms with E-state index < -0.39 is 16.8 Å². The van der Waals surface area contributed by atoms with Crippen LogP contribution >= 0.6 is 11.8 Å². The average Bonchev–Trinajstić information content (AvgIpc) is 2.95. The van der Waals surface area contributed by atoms with E-state index in [0.29, 0.717) is 13.0 Å².